The second kappa shape index (κ2) is 7.45. The van der Waals surface area contributed by atoms with Crippen molar-refractivity contribution in [2.45, 2.75) is 26.4 Å². The van der Waals surface area contributed by atoms with Crippen LogP contribution in [0.15, 0.2) is 18.2 Å². The number of aryl methyl sites for hydroxylation is 1. The molecule has 1 rings (SSSR count). The van der Waals surface area contributed by atoms with Crippen molar-refractivity contribution < 1.29 is 22.7 Å². The second-order valence-corrected chi connectivity index (χ2v) is 4.95. The van der Waals surface area contributed by atoms with Gasteiger partial charge < -0.3 is 4.74 Å². The zero-order valence-corrected chi connectivity index (χ0v) is 12.5. The summed E-state index contributed by atoms with van der Waals surface area (Å²) in [4.78, 5) is 13.3. The van der Waals surface area contributed by atoms with Crippen molar-refractivity contribution in [1.82, 2.24) is 4.90 Å². The summed E-state index contributed by atoms with van der Waals surface area (Å²) >= 11 is 0. The van der Waals surface area contributed by atoms with Gasteiger partial charge in [0, 0.05) is 0 Å². The van der Waals surface area contributed by atoms with Crippen molar-refractivity contribution in [1.29, 1.82) is 0 Å². The van der Waals surface area contributed by atoms with E-state index in [-0.39, 0.29) is 18.9 Å². The van der Waals surface area contributed by atoms with Crippen LogP contribution in [-0.2, 0) is 0 Å². The molecule has 1 aromatic rings. The van der Waals surface area contributed by atoms with Gasteiger partial charge in [0.1, 0.15) is 5.75 Å². The van der Waals surface area contributed by atoms with E-state index >= 15 is 0 Å². The molecule has 0 aliphatic carbocycles. The van der Waals surface area contributed by atoms with E-state index in [4.69, 9.17) is 4.74 Å². The lowest BCUT2D eigenvalue weighted by Gasteiger charge is -2.22. The van der Waals surface area contributed by atoms with Gasteiger partial charge in [-0.05, 0) is 37.6 Å². The summed E-state index contributed by atoms with van der Waals surface area (Å²) in [6, 6.07) is 5.03. The van der Waals surface area contributed by atoms with Crippen molar-refractivity contribution in [2.75, 3.05) is 26.7 Å². The highest BCUT2D eigenvalue weighted by atomic mass is 19.4. The van der Waals surface area contributed by atoms with Crippen LogP contribution in [0.3, 0.4) is 0 Å². The van der Waals surface area contributed by atoms with E-state index in [9.17, 15) is 18.0 Å². The molecule has 0 radical (unpaired) electrons. The minimum absolute atomic E-state index is 0.222. The SMILES string of the molecule is CCCN(CC(=O)c1ccc(C)cc1OC)CC(F)(F)F. The molecular formula is C15H20F3NO2. The maximum Gasteiger partial charge on any atom is 0.401 e. The molecule has 1 aromatic carbocycles. The number of benzene rings is 1. The maximum atomic E-state index is 12.5. The topological polar surface area (TPSA) is 29.5 Å². The van der Waals surface area contributed by atoms with E-state index in [1.54, 1.807) is 25.1 Å². The molecule has 0 atom stereocenters. The average Bonchev–Trinajstić information content (AvgIpc) is 2.36. The van der Waals surface area contributed by atoms with E-state index in [2.05, 4.69) is 0 Å². The van der Waals surface area contributed by atoms with Crippen LogP contribution in [0.25, 0.3) is 0 Å². The number of alkyl halides is 3. The van der Waals surface area contributed by atoms with E-state index in [1.807, 2.05) is 6.92 Å². The molecule has 0 aliphatic heterocycles. The minimum Gasteiger partial charge on any atom is -0.496 e. The number of nitrogens with zero attached hydrogens (tertiary/aromatic N) is 1. The molecule has 0 saturated heterocycles. The number of rotatable bonds is 7. The van der Waals surface area contributed by atoms with Crippen LogP contribution in [0.1, 0.15) is 29.3 Å². The van der Waals surface area contributed by atoms with Gasteiger partial charge in [-0.15, -0.1) is 0 Å². The van der Waals surface area contributed by atoms with Crippen LogP contribution in [-0.4, -0.2) is 43.6 Å². The summed E-state index contributed by atoms with van der Waals surface area (Å²) in [7, 11) is 1.44. The Balaban J connectivity index is 2.86. The first-order valence-corrected chi connectivity index (χ1v) is 6.73. The summed E-state index contributed by atoms with van der Waals surface area (Å²) < 4.78 is 42.6. The Labute approximate surface area is 122 Å². The zero-order chi connectivity index (χ0) is 16.0. The molecule has 21 heavy (non-hydrogen) atoms. The standard InChI is InChI=1S/C15H20F3NO2/c1-4-7-19(10-15(16,17)18)9-13(20)12-6-5-11(2)8-14(12)21-3/h5-6,8H,4,7,9-10H2,1-3H3. The van der Waals surface area contributed by atoms with Crippen LogP contribution >= 0.6 is 0 Å². The minimum atomic E-state index is -4.31. The number of carbonyl (C=O) groups excluding carboxylic acids is 1. The summed E-state index contributed by atoms with van der Waals surface area (Å²) in [6.45, 7) is 2.50. The van der Waals surface area contributed by atoms with Crippen LogP contribution in [0, 0.1) is 6.92 Å². The molecule has 0 spiro atoms. The van der Waals surface area contributed by atoms with Crippen molar-refractivity contribution in [3.8, 4) is 5.75 Å². The normalized spacial score (nSPS) is 11.8. The van der Waals surface area contributed by atoms with Gasteiger partial charge in [0.15, 0.2) is 5.78 Å². The fraction of sp³-hybridized carbons (Fsp3) is 0.533. The van der Waals surface area contributed by atoms with E-state index in [0.29, 0.717) is 17.7 Å². The van der Waals surface area contributed by atoms with Crippen molar-refractivity contribution in [3.63, 3.8) is 0 Å². The molecule has 3 nitrogen and oxygen atoms in total. The molecular weight excluding hydrogens is 283 g/mol. The first-order valence-electron chi connectivity index (χ1n) is 6.73. The molecule has 0 N–H and O–H groups in total. The van der Waals surface area contributed by atoms with Gasteiger partial charge in [0.05, 0.1) is 25.8 Å². The molecule has 0 fully saturated rings. The molecule has 0 bridgehead atoms. The lowest BCUT2D eigenvalue weighted by atomic mass is 10.1. The summed E-state index contributed by atoms with van der Waals surface area (Å²) in [5.41, 5.74) is 1.23. The smallest absolute Gasteiger partial charge is 0.401 e. The summed E-state index contributed by atoms with van der Waals surface area (Å²) in [6.07, 6.45) is -3.76. The molecule has 6 heteroatoms. The van der Waals surface area contributed by atoms with Gasteiger partial charge in [-0.3, -0.25) is 9.69 Å². The third-order valence-corrected chi connectivity index (χ3v) is 2.97. The molecule has 0 amide bonds. The van der Waals surface area contributed by atoms with Gasteiger partial charge in [-0.25, -0.2) is 0 Å². The fourth-order valence-corrected chi connectivity index (χ4v) is 2.10. The van der Waals surface area contributed by atoms with E-state index in [1.165, 1.54) is 7.11 Å². The molecule has 118 valence electrons. The largest absolute Gasteiger partial charge is 0.496 e. The Hall–Kier alpha value is -1.56. The van der Waals surface area contributed by atoms with Gasteiger partial charge in [-0.1, -0.05) is 13.0 Å². The Kier molecular flexibility index (Phi) is 6.20. The van der Waals surface area contributed by atoms with Gasteiger partial charge in [0.25, 0.3) is 0 Å². The number of Topliss-reactive ketones (excluding diaryl/α,β-unsaturated/α-hetero) is 1. The van der Waals surface area contributed by atoms with Crippen molar-refractivity contribution in [2.24, 2.45) is 0 Å². The second-order valence-electron chi connectivity index (χ2n) is 4.95. The zero-order valence-electron chi connectivity index (χ0n) is 12.5. The highest BCUT2D eigenvalue weighted by Gasteiger charge is 2.31. The van der Waals surface area contributed by atoms with Crippen LogP contribution in [0.4, 0.5) is 13.2 Å². The number of hydrogen-bond donors (Lipinski definition) is 0. The molecule has 0 heterocycles. The Bertz CT molecular complexity index is 486. The predicted molar refractivity (Wildman–Crippen MR) is 74.8 cm³/mol. The average molecular weight is 303 g/mol. The van der Waals surface area contributed by atoms with E-state index in [0.717, 1.165) is 10.5 Å². The number of hydrogen-bond acceptors (Lipinski definition) is 3. The van der Waals surface area contributed by atoms with E-state index < -0.39 is 12.7 Å². The number of ether oxygens (including phenoxy) is 1. The fourth-order valence-electron chi connectivity index (χ4n) is 2.10. The Morgan fingerprint density at radius 3 is 2.52 bits per heavy atom. The summed E-state index contributed by atoms with van der Waals surface area (Å²) in [5.74, 6) is 0.0213. The van der Waals surface area contributed by atoms with Gasteiger partial charge in [0.2, 0.25) is 0 Å². The third kappa shape index (κ3) is 5.75. The number of ketones is 1. The highest BCUT2D eigenvalue weighted by Crippen LogP contribution is 2.22. The van der Waals surface area contributed by atoms with Crippen LogP contribution in [0.2, 0.25) is 0 Å². The monoisotopic (exact) mass is 303 g/mol. The maximum absolute atomic E-state index is 12.5. The van der Waals surface area contributed by atoms with Gasteiger partial charge in [-0.2, -0.15) is 13.2 Å². The van der Waals surface area contributed by atoms with Crippen LogP contribution in [0.5, 0.6) is 5.75 Å². The van der Waals surface area contributed by atoms with Crippen LogP contribution < -0.4 is 4.74 Å². The first kappa shape index (κ1) is 17.5. The Morgan fingerprint density at radius 2 is 2.00 bits per heavy atom. The van der Waals surface area contributed by atoms with Crippen molar-refractivity contribution >= 4 is 5.78 Å². The lowest BCUT2D eigenvalue weighted by Crippen LogP contribution is -2.38. The number of methoxy groups -OCH3 is 1. The predicted octanol–water partition coefficient (Wildman–Crippen LogP) is 3.46. The lowest BCUT2D eigenvalue weighted by molar-refractivity contribution is -0.144. The van der Waals surface area contributed by atoms with Gasteiger partial charge >= 0.3 is 6.18 Å². The number of halogens is 3. The summed E-state index contributed by atoms with van der Waals surface area (Å²) in [5, 5.41) is 0. The quantitative estimate of drug-likeness (QED) is 0.723. The molecule has 0 saturated carbocycles. The molecule has 0 aliphatic rings. The molecule has 0 unspecified atom stereocenters. The third-order valence-electron chi connectivity index (χ3n) is 2.97. The van der Waals surface area contributed by atoms with Crippen molar-refractivity contribution in [3.05, 3.63) is 29.3 Å². The highest BCUT2D eigenvalue weighted by molar-refractivity contribution is 6.00. The molecule has 0 aromatic heterocycles. The number of carbonyl (C=O) groups is 1. The Morgan fingerprint density at radius 1 is 1.33 bits per heavy atom. The first-order chi connectivity index (χ1) is 9.76.